The van der Waals surface area contributed by atoms with Gasteiger partial charge in [0, 0.05) is 45.0 Å². The van der Waals surface area contributed by atoms with Gasteiger partial charge in [-0.25, -0.2) is 0 Å². The monoisotopic (exact) mass is 772 g/mol. The molecule has 60 heavy (non-hydrogen) atoms. The molecule has 1 atom stereocenters. The molecule has 0 spiro atoms. The van der Waals surface area contributed by atoms with Crippen molar-refractivity contribution in [1.29, 1.82) is 0 Å². The third-order valence-electron chi connectivity index (χ3n) is 12.2. The van der Waals surface area contributed by atoms with E-state index in [2.05, 4.69) is 215 Å². The van der Waals surface area contributed by atoms with E-state index in [4.69, 9.17) is 4.99 Å². The van der Waals surface area contributed by atoms with Gasteiger partial charge in [-0.2, -0.15) is 0 Å². The summed E-state index contributed by atoms with van der Waals surface area (Å²) in [7, 11) is 0. The number of para-hydroxylation sites is 1. The van der Waals surface area contributed by atoms with Crippen LogP contribution in [0.25, 0.3) is 61.4 Å². The molecule has 0 radical (unpaired) electrons. The van der Waals surface area contributed by atoms with Crippen molar-refractivity contribution in [3.8, 4) is 27.9 Å². The summed E-state index contributed by atoms with van der Waals surface area (Å²) >= 11 is 0. The molecule has 0 fully saturated rings. The lowest BCUT2D eigenvalue weighted by Gasteiger charge is -2.27. The zero-order chi connectivity index (χ0) is 39.8. The summed E-state index contributed by atoms with van der Waals surface area (Å²) in [5.74, 6) is 0. The summed E-state index contributed by atoms with van der Waals surface area (Å²) < 4.78 is 2.46. The van der Waals surface area contributed by atoms with Crippen LogP contribution >= 0.6 is 0 Å². The molecule has 1 aliphatic heterocycles. The molecular weight excluding hydrogens is 729 g/mol. The number of hydrogen-bond acceptors (Lipinski definition) is 3. The third kappa shape index (κ3) is 6.76. The fraction of sp³-hybridized carbons (Fsp3) is 0.0893. The van der Waals surface area contributed by atoms with Crippen LogP contribution in [0.3, 0.4) is 0 Å². The summed E-state index contributed by atoms with van der Waals surface area (Å²) in [4.78, 5) is 5.24. The molecule has 3 aliphatic rings. The number of nitrogens with zero attached hydrogens (tertiary/aromatic N) is 2. The fourth-order valence-electron chi connectivity index (χ4n) is 9.08. The lowest BCUT2D eigenvalue weighted by molar-refractivity contribution is 0.669. The molecule has 0 saturated heterocycles. The van der Waals surface area contributed by atoms with Gasteiger partial charge in [-0.05, 0) is 131 Å². The molecule has 7 aromatic carbocycles. The second kappa shape index (κ2) is 15.4. The van der Waals surface area contributed by atoms with Crippen molar-refractivity contribution in [2.24, 2.45) is 4.99 Å². The molecule has 288 valence electrons. The Morgan fingerprint density at radius 2 is 1.33 bits per heavy atom. The molecule has 4 nitrogen and oxygen atoms in total. The van der Waals surface area contributed by atoms with Crippen LogP contribution in [0.1, 0.15) is 41.6 Å². The Bertz CT molecular complexity index is 3070. The third-order valence-corrected chi connectivity index (χ3v) is 12.2. The van der Waals surface area contributed by atoms with Crippen LogP contribution in [-0.2, 0) is 6.42 Å². The van der Waals surface area contributed by atoms with E-state index in [1.54, 1.807) is 0 Å². The minimum absolute atomic E-state index is 0.0997. The molecule has 1 aromatic heterocycles. The van der Waals surface area contributed by atoms with E-state index in [1.807, 2.05) is 0 Å². The van der Waals surface area contributed by atoms with Gasteiger partial charge in [0.2, 0.25) is 0 Å². The van der Waals surface area contributed by atoms with Gasteiger partial charge in [0.25, 0.3) is 0 Å². The van der Waals surface area contributed by atoms with E-state index in [0.717, 1.165) is 65.2 Å². The number of nitrogens with one attached hydrogen (secondary N) is 2. The molecular formula is C56H44N4. The average molecular weight is 773 g/mol. The van der Waals surface area contributed by atoms with Crippen LogP contribution in [0.4, 0.5) is 11.4 Å². The topological polar surface area (TPSA) is 41.4 Å². The Balaban J connectivity index is 0.961. The molecule has 1 unspecified atom stereocenters. The number of rotatable bonds is 8. The fourth-order valence-corrected chi connectivity index (χ4v) is 9.08. The number of allylic oxidation sites excluding steroid dienone is 5. The van der Waals surface area contributed by atoms with Gasteiger partial charge in [0.15, 0.2) is 0 Å². The molecule has 0 amide bonds. The molecule has 4 heteroatoms. The van der Waals surface area contributed by atoms with E-state index in [9.17, 15) is 0 Å². The van der Waals surface area contributed by atoms with Crippen molar-refractivity contribution in [1.82, 2.24) is 9.88 Å². The number of benzene rings is 7. The molecule has 2 heterocycles. The van der Waals surface area contributed by atoms with Crippen LogP contribution in [-0.4, -0.2) is 16.4 Å². The van der Waals surface area contributed by atoms with Gasteiger partial charge in [0.05, 0.1) is 11.2 Å². The SMILES string of the molecule is C1=CCCC(C2N=C(c3ccc(Nc4ccc(-c5ccc6c(c5)c5c(n6-c6ccccc6)CCC=C5)cc4-c4ccc5ccccc5c4)cc3)C=C(c3ccccc3)N2)=C1. The maximum Gasteiger partial charge on any atom is 0.141 e. The highest BCUT2D eigenvalue weighted by molar-refractivity contribution is 6.13. The summed E-state index contributed by atoms with van der Waals surface area (Å²) in [6.07, 6.45) is 17.5. The van der Waals surface area contributed by atoms with E-state index < -0.39 is 0 Å². The molecule has 0 saturated carbocycles. The lowest BCUT2D eigenvalue weighted by Crippen LogP contribution is -2.33. The Hall–Kier alpha value is -7.43. The minimum atomic E-state index is -0.0997. The van der Waals surface area contributed by atoms with E-state index in [-0.39, 0.29) is 6.17 Å². The van der Waals surface area contributed by atoms with Crippen molar-refractivity contribution in [2.45, 2.75) is 31.8 Å². The lowest BCUT2D eigenvalue weighted by atomic mass is 9.94. The number of aliphatic imine (C=N–C) groups is 1. The average Bonchev–Trinajstić information content (AvgIpc) is 3.66. The highest BCUT2D eigenvalue weighted by Crippen LogP contribution is 2.40. The van der Waals surface area contributed by atoms with Gasteiger partial charge >= 0.3 is 0 Å². The van der Waals surface area contributed by atoms with Crippen LogP contribution in [0.5, 0.6) is 0 Å². The van der Waals surface area contributed by atoms with Crippen LogP contribution < -0.4 is 10.6 Å². The summed E-state index contributed by atoms with van der Waals surface area (Å²) in [6.45, 7) is 0. The van der Waals surface area contributed by atoms with Gasteiger partial charge in [-0.15, -0.1) is 0 Å². The maximum atomic E-state index is 5.24. The number of hydrogen-bond donors (Lipinski definition) is 2. The van der Waals surface area contributed by atoms with Gasteiger partial charge < -0.3 is 15.2 Å². The van der Waals surface area contributed by atoms with Crippen molar-refractivity contribution >= 4 is 50.5 Å². The number of aromatic nitrogens is 1. The Morgan fingerprint density at radius 1 is 0.600 bits per heavy atom. The molecule has 0 bridgehead atoms. The quantitative estimate of drug-likeness (QED) is 0.161. The van der Waals surface area contributed by atoms with Crippen molar-refractivity contribution in [3.63, 3.8) is 0 Å². The first-order valence-electron chi connectivity index (χ1n) is 21.1. The predicted molar refractivity (Wildman–Crippen MR) is 253 cm³/mol. The normalized spacial score (nSPS) is 15.9. The predicted octanol–water partition coefficient (Wildman–Crippen LogP) is 13.9. The number of fused-ring (bicyclic) bond motifs is 4. The molecule has 2 N–H and O–H groups in total. The van der Waals surface area contributed by atoms with E-state index in [1.165, 1.54) is 60.9 Å². The second-order valence-corrected chi connectivity index (χ2v) is 15.9. The molecule has 8 aromatic rings. The first-order chi connectivity index (χ1) is 29.7. The Morgan fingerprint density at radius 3 is 2.17 bits per heavy atom. The van der Waals surface area contributed by atoms with Crippen molar-refractivity contribution in [2.75, 3.05) is 5.32 Å². The second-order valence-electron chi connectivity index (χ2n) is 15.9. The highest BCUT2D eigenvalue weighted by Gasteiger charge is 2.22. The first-order valence-corrected chi connectivity index (χ1v) is 21.1. The Kier molecular flexibility index (Phi) is 9.16. The van der Waals surface area contributed by atoms with E-state index >= 15 is 0 Å². The van der Waals surface area contributed by atoms with E-state index in [0.29, 0.717) is 0 Å². The summed E-state index contributed by atoms with van der Waals surface area (Å²) in [6, 6.07) is 59.3. The first kappa shape index (κ1) is 35.7. The zero-order valence-electron chi connectivity index (χ0n) is 33.4. The highest BCUT2D eigenvalue weighted by atomic mass is 15.1. The smallest absolute Gasteiger partial charge is 0.141 e. The zero-order valence-corrected chi connectivity index (χ0v) is 33.4. The van der Waals surface area contributed by atoms with Crippen molar-refractivity contribution < 1.29 is 0 Å². The van der Waals surface area contributed by atoms with Gasteiger partial charge in [-0.1, -0.05) is 140 Å². The molecule has 2 aliphatic carbocycles. The summed E-state index contributed by atoms with van der Waals surface area (Å²) in [5, 5.41) is 11.3. The van der Waals surface area contributed by atoms with Crippen LogP contribution in [0, 0.1) is 0 Å². The standard InChI is InChI=1S/C56H44N4/c1-4-15-39(16-5-1)52-37-53(59-56(58-52)41-17-6-2-7-18-41)40-26-30-46(31-27-40)57-51-32-28-43(35-49(51)45-25-24-38-14-10-11-19-42(38)34-45)44-29-33-55-50(36-44)48-22-12-13-23-54(48)60(55)47-20-8-3-9-21-47/h1-6,8-12,14-17,19-22,24-37,56-58H,7,13,18,23H2. The maximum absolute atomic E-state index is 5.24. The Labute approximate surface area is 351 Å². The summed E-state index contributed by atoms with van der Waals surface area (Å²) in [5.41, 5.74) is 17.6. The van der Waals surface area contributed by atoms with Gasteiger partial charge in [0.1, 0.15) is 6.17 Å². The van der Waals surface area contributed by atoms with Crippen LogP contribution in [0.2, 0.25) is 0 Å². The van der Waals surface area contributed by atoms with Gasteiger partial charge in [-0.3, -0.25) is 4.99 Å². The number of anilines is 2. The van der Waals surface area contributed by atoms with Crippen molar-refractivity contribution in [3.05, 3.63) is 222 Å². The van der Waals surface area contributed by atoms with Crippen LogP contribution in [0.15, 0.2) is 205 Å². The largest absolute Gasteiger partial charge is 0.360 e. The molecule has 11 rings (SSSR count). The minimum Gasteiger partial charge on any atom is -0.360 e.